The zero-order valence-corrected chi connectivity index (χ0v) is 13.2. The molecule has 2 amide bonds. The number of amides is 2. The number of aliphatic hydroxyl groups excluding tert-OH is 1. The number of carbonyl (C=O) groups excluding carboxylic acids is 1. The Kier molecular flexibility index (Phi) is 6.39. The summed E-state index contributed by atoms with van der Waals surface area (Å²) < 4.78 is 0. The molecule has 21 heavy (non-hydrogen) atoms. The monoisotopic (exact) mass is 308 g/mol. The number of thioether (sulfide) groups is 1. The maximum Gasteiger partial charge on any atom is 0.315 e. The lowest BCUT2D eigenvalue weighted by Crippen LogP contribution is -2.43. The number of hydrogen-bond acceptors (Lipinski definition) is 3. The Hall–Kier alpha value is -1.20. The van der Waals surface area contributed by atoms with Gasteiger partial charge in [0, 0.05) is 11.3 Å². The summed E-state index contributed by atoms with van der Waals surface area (Å²) in [5.41, 5.74) is 0.918. The second-order valence-electron chi connectivity index (χ2n) is 5.35. The van der Waals surface area contributed by atoms with Crippen molar-refractivity contribution < 1.29 is 9.90 Å². The van der Waals surface area contributed by atoms with Gasteiger partial charge in [-0.15, -0.1) is 0 Å². The molecule has 1 aliphatic rings. The lowest BCUT2D eigenvalue weighted by atomic mass is 10.1. The van der Waals surface area contributed by atoms with E-state index in [1.165, 1.54) is 6.42 Å². The Labute approximate surface area is 130 Å². The van der Waals surface area contributed by atoms with E-state index in [9.17, 15) is 9.90 Å². The molecule has 0 aliphatic heterocycles. The van der Waals surface area contributed by atoms with Crippen molar-refractivity contribution in [2.45, 2.75) is 43.5 Å². The van der Waals surface area contributed by atoms with Crippen LogP contribution in [0.4, 0.5) is 4.79 Å². The van der Waals surface area contributed by atoms with Gasteiger partial charge in [-0.25, -0.2) is 4.79 Å². The topological polar surface area (TPSA) is 61.4 Å². The zero-order valence-electron chi connectivity index (χ0n) is 12.4. The normalized spacial score (nSPS) is 22.8. The number of rotatable bonds is 6. The van der Waals surface area contributed by atoms with Gasteiger partial charge in [0.2, 0.25) is 0 Å². The predicted molar refractivity (Wildman–Crippen MR) is 87.5 cm³/mol. The molecule has 0 saturated heterocycles. The quantitative estimate of drug-likeness (QED) is 0.757. The van der Waals surface area contributed by atoms with Crippen LogP contribution in [0.3, 0.4) is 0 Å². The lowest BCUT2D eigenvalue weighted by Gasteiger charge is -2.19. The van der Waals surface area contributed by atoms with Gasteiger partial charge >= 0.3 is 6.03 Å². The first-order chi connectivity index (χ1) is 10.2. The summed E-state index contributed by atoms with van der Waals surface area (Å²) in [6, 6.07) is 9.25. The van der Waals surface area contributed by atoms with Crippen molar-refractivity contribution >= 4 is 17.8 Å². The highest BCUT2D eigenvalue weighted by Crippen LogP contribution is 2.29. The minimum absolute atomic E-state index is 0.101. The van der Waals surface area contributed by atoms with Gasteiger partial charge in [0.25, 0.3) is 0 Å². The molecule has 2 rings (SSSR count). The summed E-state index contributed by atoms with van der Waals surface area (Å²) >= 11 is 1.97. The minimum atomic E-state index is -0.353. The second-order valence-corrected chi connectivity index (χ2v) is 6.93. The highest BCUT2D eigenvalue weighted by atomic mass is 32.2. The Balaban J connectivity index is 1.81. The van der Waals surface area contributed by atoms with E-state index in [1.54, 1.807) is 0 Å². The van der Waals surface area contributed by atoms with Crippen LogP contribution in [0, 0.1) is 0 Å². The van der Waals surface area contributed by atoms with Crippen LogP contribution in [0.15, 0.2) is 30.3 Å². The van der Waals surface area contributed by atoms with Crippen LogP contribution in [0.25, 0.3) is 0 Å². The minimum Gasteiger partial charge on any atom is -0.394 e. The number of urea groups is 1. The summed E-state index contributed by atoms with van der Waals surface area (Å²) in [5, 5.41) is 16.0. The average molecular weight is 308 g/mol. The second kappa shape index (κ2) is 8.29. The molecule has 1 aromatic carbocycles. The summed E-state index contributed by atoms with van der Waals surface area (Å²) in [6.07, 6.45) is 3.26. The van der Waals surface area contributed by atoms with Gasteiger partial charge in [-0.05, 0) is 30.6 Å². The Morgan fingerprint density at radius 1 is 1.38 bits per heavy atom. The van der Waals surface area contributed by atoms with Gasteiger partial charge in [-0.3, -0.25) is 0 Å². The molecular formula is C16H24N2O2S. The standard InChI is InChI=1S/C16H24N2O2S/c1-2-21-14-9-8-13(10-14)17-16(20)18-15(11-19)12-6-4-3-5-7-12/h3-7,13-15,19H,2,8-11H2,1H3,(H2,17,18,20)/t13-,14-,15+/m1/s1. The van der Waals surface area contributed by atoms with Crippen LogP contribution < -0.4 is 10.6 Å². The van der Waals surface area contributed by atoms with Gasteiger partial charge in [-0.1, -0.05) is 37.3 Å². The summed E-state index contributed by atoms with van der Waals surface area (Å²) in [7, 11) is 0. The maximum atomic E-state index is 12.1. The van der Waals surface area contributed by atoms with Crippen molar-refractivity contribution in [3.05, 3.63) is 35.9 Å². The fourth-order valence-electron chi connectivity index (χ4n) is 2.76. The van der Waals surface area contributed by atoms with Crippen molar-refractivity contribution in [3.63, 3.8) is 0 Å². The Morgan fingerprint density at radius 3 is 2.81 bits per heavy atom. The fraction of sp³-hybridized carbons (Fsp3) is 0.562. The van der Waals surface area contributed by atoms with Gasteiger partial charge in [0.05, 0.1) is 12.6 Å². The molecule has 0 spiro atoms. The number of carbonyl (C=O) groups is 1. The smallest absolute Gasteiger partial charge is 0.315 e. The van der Waals surface area contributed by atoms with E-state index in [-0.39, 0.29) is 24.7 Å². The first-order valence-electron chi connectivity index (χ1n) is 7.57. The lowest BCUT2D eigenvalue weighted by molar-refractivity contribution is 0.214. The highest BCUT2D eigenvalue weighted by molar-refractivity contribution is 7.99. The number of hydrogen-bond donors (Lipinski definition) is 3. The molecule has 0 aromatic heterocycles. The fourth-order valence-corrected chi connectivity index (χ4v) is 3.91. The van der Waals surface area contributed by atoms with E-state index in [2.05, 4.69) is 17.6 Å². The van der Waals surface area contributed by atoms with Crippen molar-refractivity contribution in [1.82, 2.24) is 10.6 Å². The molecule has 1 aliphatic carbocycles. The molecule has 1 fully saturated rings. The molecular weight excluding hydrogens is 284 g/mol. The maximum absolute atomic E-state index is 12.1. The average Bonchev–Trinajstić information content (AvgIpc) is 2.93. The molecule has 4 nitrogen and oxygen atoms in total. The molecule has 0 radical (unpaired) electrons. The number of aliphatic hydroxyl groups is 1. The van der Waals surface area contributed by atoms with E-state index in [1.807, 2.05) is 42.1 Å². The van der Waals surface area contributed by atoms with Gasteiger partial charge < -0.3 is 15.7 Å². The molecule has 1 aromatic rings. The number of nitrogens with one attached hydrogen (secondary N) is 2. The Bertz CT molecular complexity index is 441. The van der Waals surface area contributed by atoms with E-state index < -0.39 is 0 Å². The van der Waals surface area contributed by atoms with Crippen molar-refractivity contribution in [2.24, 2.45) is 0 Å². The first-order valence-corrected chi connectivity index (χ1v) is 8.62. The molecule has 0 heterocycles. The van der Waals surface area contributed by atoms with Crippen molar-refractivity contribution in [3.8, 4) is 0 Å². The van der Waals surface area contributed by atoms with E-state index in [0.717, 1.165) is 24.2 Å². The zero-order chi connectivity index (χ0) is 15.1. The van der Waals surface area contributed by atoms with Gasteiger partial charge in [-0.2, -0.15) is 11.8 Å². The van der Waals surface area contributed by atoms with Crippen LogP contribution >= 0.6 is 11.8 Å². The van der Waals surface area contributed by atoms with Crippen LogP contribution in [0.1, 0.15) is 37.8 Å². The van der Waals surface area contributed by atoms with Crippen molar-refractivity contribution in [1.29, 1.82) is 0 Å². The number of benzene rings is 1. The predicted octanol–water partition coefficient (Wildman–Crippen LogP) is 2.69. The van der Waals surface area contributed by atoms with Crippen LogP contribution in [0.2, 0.25) is 0 Å². The molecule has 0 bridgehead atoms. The first kappa shape index (κ1) is 16.2. The largest absolute Gasteiger partial charge is 0.394 e. The third-order valence-electron chi connectivity index (χ3n) is 3.81. The summed E-state index contributed by atoms with van der Waals surface area (Å²) in [6.45, 7) is 2.07. The van der Waals surface area contributed by atoms with E-state index >= 15 is 0 Å². The van der Waals surface area contributed by atoms with Gasteiger partial charge in [0.15, 0.2) is 0 Å². The third-order valence-corrected chi connectivity index (χ3v) is 5.04. The molecule has 3 N–H and O–H groups in total. The summed E-state index contributed by atoms with van der Waals surface area (Å²) in [5.74, 6) is 1.13. The molecule has 5 heteroatoms. The molecule has 1 saturated carbocycles. The van der Waals surface area contributed by atoms with E-state index in [4.69, 9.17) is 0 Å². The van der Waals surface area contributed by atoms with Crippen LogP contribution in [-0.2, 0) is 0 Å². The summed E-state index contributed by atoms with van der Waals surface area (Å²) in [4.78, 5) is 12.1. The Morgan fingerprint density at radius 2 is 2.14 bits per heavy atom. The SMILES string of the molecule is CCS[C@@H]1CC[C@@H](NC(=O)N[C@@H](CO)c2ccccc2)C1. The van der Waals surface area contributed by atoms with Gasteiger partial charge in [0.1, 0.15) is 0 Å². The van der Waals surface area contributed by atoms with Crippen LogP contribution in [-0.4, -0.2) is 34.8 Å². The van der Waals surface area contributed by atoms with Crippen molar-refractivity contribution in [2.75, 3.05) is 12.4 Å². The van der Waals surface area contributed by atoms with Crippen LogP contribution in [0.5, 0.6) is 0 Å². The third kappa shape index (κ3) is 4.93. The molecule has 3 atom stereocenters. The molecule has 0 unspecified atom stereocenters. The molecule has 116 valence electrons. The highest BCUT2D eigenvalue weighted by Gasteiger charge is 2.26. The van der Waals surface area contributed by atoms with E-state index in [0.29, 0.717) is 5.25 Å².